The molecule has 0 heterocycles. The Hall–Kier alpha value is -9.76. The van der Waals surface area contributed by atoms with Gasteiger partial charge in [-0.15, -0.1) is 0 Å². The maximum atomic E-state index is 2.63. The number of fused-ring (bicyclic) bond motifs is 2. The Labute approximate surface area is 507 Å². The molecule has 0 aliphatic rings. The van der Waals surface area contributed by atoms with Gasteiger partial charge in [-0.3, -0.25) is 0 Å². The summed E-state index contributed by atoms with van der Waals surface area (Å²) in [6.07, 6.45) is 0. The van der Waals surface area contributed by atoms with E-state index in [2.05, 4.69) is 332 Å². The summed E-state index contributed by atoms with van der Waals surface area (Å²) in [6, 6.07) is 101. The predicted octanol–water partition coefficient (Wildman–Crippen LogP) is 25.0. The van der Waals surface area contributed by atoms with Crippen LogP contribution in [0.2, 0.25) is 0 Å². The van der Waals surface area contributed by atoms with Crippen LogP contribution in [0, 0.1) is 0 Å². The molecule has 0 aliphatic carbocycles. The molecule has 14 rings (SSSR count). The molecule has 0 N–H and O–H groups in total. The van der Waals surface area contributed by atoms with Crippen LogP contribution in [0.4, 0.5) is 34.1 Å². The van der Waals surface area contributed by atoms with Crippen molar-refractivity contribution in [3.8, 4) is 44.5 Å². The van der Waals surface area contributed by atoms with E-state index in [0.29, 0.717) is 11.8 Å². The first kappa shape index (κ1) is 54.2. The zero-order valence-corrected chi connectivity index (χ0v) is 50.6. The van der Waals surface area contributed by atoms with E-state index >= 15 is 0 Å². The van der Waals surface area contributed by atoms with Crippen molar-refractivity contribution >= 4 is 88.0 Å². The highest BCUT2D eigenvalue weighted by molar-refractivity contribution is 6.30. The number of nitrogens with zero attached hydrogens (tertiary/aromatic N) is 2. The van der Waals surface area contributed by atoms with Gasteiger partial charge >= 0.3 is 0 Å². The molecule has 0 spiro atoms. The largest absolute Gasteiger partial charge is 0.309 e. The lowest BCUT2D eigenvalue weighted by Gasteiger charge is -2.34. The molecule has 418 valence electrons. The smallest absolute Gasteiger partial charge is 0.0618 e. The van der Waals surface area contributed by atoms with Crippen LogP contribution in [0.25, 0.3) is 98.4 Å². The maximum Gasteiger partial charge on any atom is 0.0618 e. The van der Waals surface area contributed by atoms with Gasteiger partial charge in [-0.05, 0) is 160 Å². The van der Waals surface area contributed by atoms with Crippen molar-refractivity contribution in [2.45, 2.75) is 79.1 Å². The molecule has 0 aliphatic heterocycles. The van der Waals surface area contributed by atoms with E-state index < -0.39 is 0 Å². The van der Waals surface area contributed by atoms with E-state index in [1.807, 2.05) is 0 Å². The second kappa shape index (κ2) is 22.3. The fourth-order valence-electron chi connectivity index (χ4n) is 13.5. The molecule has 0 radical (unpaired) electrons. The summed E-state index contributed by atoms with van der Waals surface area (Å²) in [7, 11) is 0. The predicted molar refractivity (Wildman–Crippen MR) is 373 cm³/mol. The summed E-state index contributed by atoms with van der Waals surface area (Å²) in [4.78, 5) is 5.25. The Morgan fingerprint density at radius 2 is 0.570 bits per heavy atom. The van der Waals surface area contributed by atoms with Crippen molar-refractivity contribution in [2.75, 3.05) is 9.80 Å². The van der Waals surface area contributed by atoms with Gasteiger partial charge in [-0.2, -0.15) is 0 Å². The Bertz CT molecular complexity index is 4450. The van der Waals surface area contributed by atoms with Gasteiger partial charge in [0.15, 0.2) is 0 Å². The molecule has 14 aromatic carbocycles. The Morgan fingerprint density at radius 1 is 0.244 bits per heavy atom. The third-order valence-corrected chi connectivity index (χ3v) is 18.1. The topological polar surface area (TPSA) is 6.48 Å². The molecule has 0 bridgehead atoms. The van der Waals surface area contributed by atoms with Gasteiger partial charge in [-0.1, -0.05) is 274 Å². The number of anilines is 6. The minimum absolute atomic E-state index is 0.206. The molecule has 2 heteroatoms. The lowest BCUT2D eigenvalue weighted by molar-refractivity contribution is 0.866. The van der Waals surface area contributed by atoms with Crippen LogP contribution in [0.15, 0.2) is 267 Å². The van der Waals surface area contributed by atoms with Gasteiger partial charge in [0.05, 0.1) is 22.7 Å². The van der Waals surface area contributed by atoms with E-state index in [1.54, 1.807) is 0 Å². The van der Waals surface area contributed by atoms with E-state index in [-0.39, 0.29) is 11.8 Å². The van der Waals surface area contributed by atoms with E-state index in [9.17, 15) is 0 Å². The van der Waals surface area contributed by atoms with Crippen LogP contribution in [-0.2, 0) is 0 Å². The average molecular weight is 1110 g/mol. The van der Waals surface area contributed by atoms with Gasteiger partial charge in [-0.25, -0.2) is 0 Å². The second-order valence-electron chi connectivity index (χ2n) is 24.8. The SMILES string of the molecule is CC(C)c1ccc(N(c2c(-c3ccccc3)ccc3ccc(-c4ccccc4)cc23)c2cc(C(C)C)c3ccc4c(N(c5ccc(C(C)C)cc5)c5c(-c6ccccc6)ccc6ccc(-c7ccccc7)cc56)cc(C(C)C)c5ccc2c3c54)cc1. The molecular weight excluding hydrogens is 1040 g/mol. The van der Waals surface area contributed by atoms with Gasteiger partial charge in [0.2, 0.25) is 0 Å². The average Bonchev–Trinajstić information content (AvgIpc) is 1.06. The number of hydrogen-bond acceptors (Lipinski definition) is 2. The first-order valence-electron chi connectivity index (χ1n) is 30.9. The summed E-state index contributed by atoms with van der Waals surface area (Å²) < 4.78 is 0. The Kier molecular flexibility index (Phi) is 14.1. The molecule has 0 saturated carbocycles. The van der Waals surface area contributed by atoms with Crippen molar-refractivity contribution in [2.24, 2.45) is 0 Å². The monoisotopic (exact) mass is 1110 g/mol. The standard InChI is InChI=1S/C84H72N2/c1-53(2)57-33-39-67(40-34-57)85(83-69(61-25-17-11-18-26-61)43-37-63-29-31-65(49-77(63)83)59-21-13-9-14-22-59)79-51-75(55(5)6)71-46-48-74-80(52-76(56(7)8)72-45-47-73(79)81(71)82(72)74)86(68-41-35-58(36-42-68)54(3)4)84-70(62-27-19-12-20-28-62)44-38-64-30-32-66(50-78(64)84)60-23-15-10-16-24-60/h9-56H,1-8H3. The summed E-state index contributed by atoms with van der Waals surface area (Å²) in [6.45, 7) is 18.7. The van der Waals surface area contributed by atoms with E-state index in [4.69, 9.17) is 0 Å². The van der Waals surface area contributed by atoms with Gasteiger partial charge in [0.25, 0.3) is 0 Å². The van der Waals surface area contributed by atoms with Crippen LogP contribution in [0.3, 0.4) is 0 Å². The molecule has 0 unspecified atom stereocenters. The molecule has 14 aromatic rings. The summed E-state index contributed by atoms with van der Waals surface area (Å²) >= 11 is 0. The first-order chi connectivity index (χ1) is 42.0. The molecule has 0 amide bonds. The van der Waals surface area contributed by atoms with Crippen molar-refractivity contribution in [1.29, 1.82) is 0 Å². The van der Waals surface area contributed by atoms with Crippen LogP contribution < -0.4 is 9.80 Å². The number of hydrogen-bond donors (Lipinski definition) is 0. The maximum absolute atomic E-state index is 2.63. The quantitative estimate of drug-likeness (QED) is 0.100. The highest BCUT2D eigenvalue weighted by atomic mass is 15.2. The number of benzene rings is 14. The highest BCUT2D eigenvalue weighted by Gasteiger charge is 2.30. The minimum Gasteiger partial charge on any atom is -0.309 e. The second-order valence-corrected chi connectivity index (χ2v) is 24.8. The van der Waals surface area contributed by atoms with Crippen molar-refractivity contribution < 1.29 is 0 Å². The normalized spacial score (nSPS) is 11.9. The molecular formula is C84H72N2. The van der Waals surface area contributed by atoms with Crippen LogP contribution in [0.1, 0.15) is 101 Å². The summed E-state index contributed by atoms with van der Waals surface area (Å²) in [5, 5.41) is 12.4. The summed E-state index contributed by atoms with van der Waals surface area (Å²) in [5.74, 6) is 1.17. The molecule has 2 nitrogen and oxygen atoms in total. The molecule has 0 saturated heterocycles. The van der Waals surface area contributed by atoms with Crippen LogP contribution in [-0.4, -0.2) is 0 Å². The third kappa shape index (κ3) is 9.55. The fraction of sp³-hybridized carbons (Fsp3) is 0.143. The highest BCUT2D eigenvalue weighted by Crippen LogP contribution is 2.55. The first-order valence-corrected chi connectivity index (χ1v) is 30.9. The fourth-order valence-corrected chi connectivity index (χ4v) is 13.5. The van der Waals surface area contributed by atoms with Crippen molar-refractivity contribution in [1.82, 2.24) is 0 Å². The molecule has 0 fully saturated rings. The molecule has 86 heavy (non-hydrogen) atoms. The van der Waals surface area contributed by atoms with E-state index in [1.165, 1.54) is 121 Å². The summed E-state index contributed by atoms with van der Waals surface area (Å²) in [5.41, 5.74) is 21.6. The van der Waals surface area contributed by atoms with Gasteiger partial charge < -0.3 is 9.80 Å². The number of rotatable bonds is 14. The lowest BCUT2D eigenvalue weighted by atomic mass is 9.83. The van der Waals surface area contributed by atoms with Gasteiger partial charge in [0, 0.05) is 44.0 Å². The van der Waals surface area contributed by atoms with Crippen molar-refractivity contribution in [3.63, 3.8) is 0 Å². The Balaban J connectivity index is 1.13. The molecule has 0 aromatic heterocycles. The Morgan fingerprint density at radius 3 is 0.907 bits per heavy atom. The van der Waals surface area contributed by atoms with Crippen molar-refractivity contribution in [3.05, 3.63) is 289 Å². The third-order valence-electron chi connectivity index (χ3n) is 18.1. The van der Waals surface area contributed by atoms with Crippen LogP contribution in [0.5, 0.6) is 0 Å². The zero-order chi connectivity index (χ0) is 58.7. The van der Waals surface area contributed by atoms with E-state index in [0.717, 1.165) is 34.1 Å². The zero-order valence-electron chi connectivity index (χ0n) is 50.6. The van der Waals surface area contributed by atoms with Crippen LogP contribution >= 0.6 is 0 Å². The minimum atomic E-state index is 0.206. The lowest BCUT2D eigenvalue weighted by Crippen LogP contribution is -2.15. The van der Waals surface area contributed by atoms with Gasteiger partial charge in [0.1, 0.15) is 0 Å². The molecule has 0 atom stereocenters.